The van der Waals surface area contributed by atoms with Crippen LogP contribution >= 0.6 is 0 Å². The molecule has 5 nitrogen and oxygen atoms in total. The van der Waals surface area contributed by atoms with Crippen LogP contribution in [0.4, 0.5) is 0 Å². The Morgan fingerprint density at radius 2 is 1.80 bits per heavy atom. The molecule has 0 radical (unpaired) electrons. The largest absolute Gasteiger partial charge is 0.490 e. The van der Waals surface area contributed by atoms with Gasteiger partial charge < -0.3 is 9.64 Å². The third kappa shape index (κ3) is 5.07. The number of carbonyl (C=O) groups is 1. The minimum absolute atomic E-state index is 0.0155. The Kier molecular flexibility index (Phi) is 6.54. The quantitative estimate of drug-likeness (QED) is 0.553. The number of hydrogen-bond donors (Lipinski definition) is 0. The number of rotatable bonds is 5. The van der Waals surface area contributed by atoms with Gasteiger partial charge in [-0.25, -0.2) is 0 Å². The van der Waals surface area contributed by atoms with Gasteiger partial charge in [0.05, 0.1) is 11.6 Å². The molecule has 0 saturated carbocycles. The van der Waals surface area contributed by atoms with Gasteiger partial charge in [-0.1, -0.05) is 56.3 Å². The molecule has 0 unspecified atom stereocenters. The van der Waals surface area contributed by atoms with Crippen molar-refractivity contribution >= 4 is 5.91 Å². The van der Waals surface area contributed by atoms with Crippen LogP contribution in [0.5, 0.6) is 5.75 Å². The van der Waals surface area contributed by atoms with Crippen molar-refractivity contribution in [3.05, 3.63) is 77.4 Å². The number of carbonyl (C=O) groups excluding carboxylic acids is 1. The summed E-state index contributed by atoms with van der Waals surface area (Å²) in [5, 5.41) is 18.6. The van der Waals surface area contributed by atoms with Crippen LogP contribution in [-0.4, -0.2) is 30.0 Å². The predicted octanol–water partition coefficient (Wildman–Crippen LogP) is 4.36. The van der Waals surface area contributed by atoms with Crippen LogP contribution in [0.2, 0.25) is 0 Å². The Hall–Kier alpha value is -3.57. The van der Waals surface area contributed by atoms with E-state index in [2.05, 4.69) is 12.1 Å². The Bertz CT molecular complexity index is 1000. The minimum atomic E-state index is -0.421. The average molecular weight is 399 g/mol. The predicted molar refractivity (Wildman–Crippen MR) is 115 cm³/mol. The number of benzene rings is 2. The third-order valence-corrected chi connectivity index (χ3v) is 5.37. The van der Waals surface area contributed by atoms with E-state index in [4.69, 9.17) is 10.00 Å². The maximum Gasteiger partial charge on any atom is 0.264 e. The van der Waals surface area contributed by atoms with E-state index >= 15 is 0 Å². The Morgan fingerprint density at radius 1 is 1.10 bits per heavy atom. The van der Waals surface area contributed by atoms with E-state index < -0.39 is 5.41 Å². The first-order chi connectivity index (χ1) is 14.4. The highest BCUT2D eigenvalue weighted by Gasteiger charge is 2.28. The molecule has 0 atom stereocenters. The van der Waals surface area contributed by atoms with Gasteiger partial charge in [-0.3, -0.25) is 4.79 Å². The van der Waals surface area contributed by atoms with Crippen LogP contribution in [0.3, 0.4) is 0 Å². The van der Waals surface area contributed by atoms with Gasteiger partial charge in [0.15, 0.2) is 0 Å². The van der Waals surface area contributed by atoms with Gasteiger partial charge in [-0.2, -0.15) is 10.5 Å². The highest BCUT2D eigenvalue weighted by molar-refractivity contribution is 5.97. The Labute approximate surface area is 177 Å². The minimum Gasteiger partial charge on any atom is -0.490 e. The topological polar surface area (TPSA) is 77.1 Å². The Balaban J connectivity index is 1.63. The summed E-state index contributed by atoms with van der Waals surface area (Å²) >= 11 is 0. The van der Waals surface area contributed by atoms with E-state index in [-0.39, 0.29) is 17.6 Å². The highest BCUT2D eigenvalue weighted by atomic mass is 16.5. The number of likely N-dealkylation sites (tertiary alicyclic amines) is 1. The molecule has 1 saturated heterocycles. The maximum absolute atomic E-state index is 12.9. The zero-order chi connectivity index (χ0) is 21.6. The summed E-state index contributed by atoms with van der Waals surface area (Å²) < 4.78 is 5.98. The smallest absolute Gasteiger partial charge is 0.264 e. The zero-order valence-electron chi connectivity index (χ0n) is 17.3. The molecule has 0 aromatic heterocycles. The molecule has 1 fully saturated rings. The molecule has 152 valence electrons. The number of nitriles is 2. The number of ether oxygens (including phenoxy) is 1. The van der Waals surface area contributed by atoms with Gasteiger partial charge in [-0.05, 0) is 23.8 Å². The highest BCUT2D eigenvalue weighted by Crippen LogP contribution is 2.27. The van der Waals surface area contributed by atoms with Crippen molar-refractivity contribution < 1.29 is 9.53 Å². The van der Waals surface area contributed by atoms with Crippen molar-refractivity contribution in [1.82, 2.24) is 4.90 Å². The lowest BCUT2D eigenvalue weighted by Crippen LogP contribution is -2.42. The van der Waals surface area contributed by atoms with Crippen molar-refractivity contribution in [3.63, 3.8) is 0 Å². The van der Waals surface area contributed by atoms with Gasteiger partial charge in [0.1, 0.15) is 23.5 Å². The van der Waals surface area contributed by atoms with E-state index in [1.54, 1.807) is 29.2 Å². The number of allylic oxidation sites excluding steroid dienone is 1. The molecule has 1 heterocycles. The van der Waals surface area contributed by atoms with Crippen LogP contribution in [0, 0.1) is 22.7 Å². The monoisotopic (exact) mass is 399 g/mol. The molecule has 1 amide bonds. The van der Waals surface area contributed by atoms with Crippen molar-refractivity contribution in [2.45, 2.75) is 38.2 Å². The second kappa shape index (κ2) is 9.29. The molecule has 30 heavy (non-hydrogen) atoms. The first kappa shape index (κ1) is 21.1. The Morgan fingerprint density at radius 3 is 2.43 bits per heavy atom. The summed E-state index contributed by atoms with van der Waals surface area (Å²) in [6.45, 7) is 5.07. The lowest BCUT2D eigenvalue weighted by Gasteiger charge is -2.32. The normalized spacial score (nSPS) is 15.2. The number of hydrogen-bond acceptors (Lipinski definition) is 4. The maximum atomic E-state index is 12.9. The summed E-state index contributed by atoms with van der Waals surface area (Å²) in [4.78, 5) is 14.7. The molecule has 2 aromatic rings. The lowest BCUT2D eigenvalue weighted by atomic mass is 9.83. The van der Waals surface area contributed by atoms with Gasteiger partial charge >= 0.3 is 0 Å². The number of piperidine rings is 1. The molecular weight excluding hydrogens is 374 g/mol. The fourth-order valence-corrected chi connectivity index (χ4v) is 3.63. The molecule has 2 aromatic carbocycles. The van der Waals surface area contributed by atoms with Crippen molar-refractivity contribution in [3.8, 4) is 17.9 Å². The van der Waals surface area contributed by atoms with Gasteiger partial charge in [0, 0.05) is 31.3 Å². The average Bonchev–Trinajstić information content (AvgIpc) is 2.78. The lowest BCUT2D eigenvalue weighted by molar-refractivity contribution is -0.128. The molecule has 1 aliphatic heterocycles. The molecule has 3 rings (SSSR count). The summed E-state index contributed by atoms with van der Waals surface area (Å²) in [5.41, 5.74) is 1.36. The first-order valence-electron chi connectivity index (χ1n) is 10.1. The molecule has 0 aliphatic carbocycles. The number of nitrogens with zero attached hydrogens (tertiary/aromatic N) is 3. The fraction of sp³-hybridized carbons (Fsp3) is 0.320. The van der Waals surface area contributed by atoms with Crippen LogP contribution in [0.25, 0.3) is 0 Å². The van der Waals surface area contributed by atoms with E-state index in [0.717, 1.165) is 5.56 Å². The van der Waals surface area contributed by atoms with Crippen molar-refractivity contribution in [2.75, 3.05) is 13.1 Å². The SMILES string of the molecule is CC(C)(/C=C(\C#N)C(=O)N1CCC(Oc2cccc(C#N)c2)CC1)c1ccccc1. The van der Waals surface area contributed by atoms with E-state index in [1.807, 2.05) is 50.2 Å². The molecule has 0 spiro atoms. The number of amides is 1. The zero-order valence-corrected chi connectivity index (χ0v) is 17.3. The second-order valence-corrected chi connectivity index (χ2v) is 8.01. The molecule has 5 heteroatoms. The van der Waals surface area contributed by atoms with E-state index in [9.17, 15) is 10.1 Å². The molecular formula is C25H25N3O2. The third-order valence-electron chi connectivity index (χ3n) is 5.37. The summed E-state index contributed by atoms with van der Waals surface area (Å²) in [6, 6.07) is 21.1. The first-order valence-corrected chi connectivity index (χ1v) is 10.1. The second-order valence-electron chi connectivity index (χ2n) is 8.01. The summed E-state index contributed by atoms with van der Waals surface area (Å²) in [6.07, 6.45) is 3.12. The molecule has 0 N–H and O–H groups in total. The van der Waals surface area contributed by atoms with Gasteiger partial charge in [0.2, 0.25) is 0 Å². The summed E-state index contributed by atoms with van der Waals surface area (Å²) in [5.74, 6) is 0.437. The van der Waals surface area contributed by atoms with Crippen molar-refractivity contribution in [1.29, 1.82) is 10.5 Å². The van der Waals surface area contributed by atoms with Crippen LogP contribution in [0.1, 0.15) is 37.8 Å². The van der Waals surface area contributed by atoms with E-state index in [1.165, 1.54) is 0 Å². The molecule has 0 bridgehead atoms. The molecule has 1 aliphatic rings. The van der Waals surface area contributed by atoms with Crippen LogP contribution < -0.4 is 4.74 Å². The standard InChI is InChI=1S/C25H25N3O2/c1-25(2,21-8-4-3-5-9-21)16-20(18-27)24(29)28-13-11-22(12-14-28)30-23-10-6-7-19(15-23)17-26/h3-10,15-16,22H,11-14H2,1-2H3/b20-16+. The van der Waals surface area contributed by atoms with Gasteiger partial charge in [-0.15, -0.1) is 0 Å². The van der Waals surface area contributed by atoms with Crippen LogP contribution in [-0.2, 0) is 10.2 Å². The van der Waals surface area contributed by atoms with Crippen LogP contribution in [0.15, 0.2) is 66.2 Å². The van der Waals surface area contributed by atoms with Crippen molar-refractivity contribution in [2.24, 2.45) is 0 Å². The van der Waals surface area contributed by atoms with E-state index in [0.29, 0.717) is 37.2 Å². The fourth-order valence-electron chi connectivity index (χ4n) is 3.63. The van der Waals surface area contributed by atoms with Gasteiger partial charge in [0.25, 0.3) is 5.91 Å². The summed E-state index contributed by atoms with van der Waals surface area (Å²) in [7, 11) is 0.